The van der Waals surface area contributed by atoms with Gasteiger partial charge in [0.2, 0.25) is 0 Å². The first-order valence-electron chi connectivity index (χ1n) is 13.0. The molecule has 188 valence electrons. The number of aromatic nitrogens is 1. The van der Waals surface area contributed by atoms with Crippen molar-refractivity contribution in [3.05, 3.63) is 75.2 Å². The number of amides is 1. The van der Waals surface area contributed by atoms with Crippen LogP contribution in [0.1, 0.15) is 53.0 Å². The van der Waals surface area contributed by atoms with Crippen LogP contribution in [-0.2, 0) is 17.7 Å². The van der Waals surface area contributed by atoms with Crippen LogP contribution in [0, 0.1) is 12.8 Å². The lowest BCUT2D eigenvalue weighted by atomic mass is 9.96. The van der Waals surface area contributed by atoms with E-state index in [-0.39, 0.29) is 11.3 Å². The van der Waals surface area contributed by atoms with Gasteiger partial charge in [0.25, 0.3) is 5.91 Å². The highest BCUT2D eigenvalue weighted by atomic mass is 16.5. The van der Waals surface area contributed by atoms with Crippen LogP contribution in [0.15, 0.2) is 47.3 Å². The number of carbonyl (C=O) groups is 1. The molecule has 1 saturated heterocycles. The molecule has 1 aliphatic carbocycles. The fraction of sp³-hybridized carbons (Fsp3) is 0.517. The Hall–Kier alpha value is -2.70. The van der Waals surface area contributed by atoms with Gasteiger partial charge in [-0.25, -0.2) is 0 Å². The highest BCUT2D eigenvalue weighted by Crippen LogP contribution is 2.29. The number of hydrogen-bond donors (Lipinski definition) is 0. The van der Waals surface area contributed by atoms with Gasteiger partial charge in [0.1, 0.15) is 5.56 Å². The van der Waals surface area contributed by atoms with Crippen molar-refractivity contribution in [2.75, 3.05) is 46.4 Å². The molecule has 6 nitrogen and oxygen atoms in total. The largest absolute Gasteiger partial charge is 0.383 e. The van der Waals surface area contributed by atoms with Crippen LogP contribution in [-0.4, -0.2) is 66.7 Å². The maximum absolute atomic E-state index is 13.7. The van der Waals surface area contributed by atoms with E-state index in [1.165, 1.54) is 31.2 Å². The fourth-order valence-electron chi connectivity index (χ4n) is 5.45. The number of carbonyl (C=O) groups excluding carboxylic acids is 1. The molecular weight excluding hydrogens is 438 g/mol. The van der Waals surface area contributed by atoms with E-state index in [4.69, 9.17) is 4.74 Å². The molecule has 2 aromatic rings. The summed E-state index contributed by atoms with van der Waals surface area (Å²) in [7, 11) is 1.69. The third-order valence-electron chi connectivity index (χ3n) is 7.45. The van der Waals surface area contributed by atoms with Crippen LogP contribution in [0.3, 0.4) is 0 Å². The van der Waals surface area contributed by atoms with E-state index in [0.29, 0.717) is 37.7 Å². The lowest BCUT2D eigenvalue weighted by Crippen LogP contribution is -2.49. The fourth-order valence-corrected chi connectivity index (χ4v) is 5.45. The van der Waals surface area contributed by atoms with E-state index in [2.05, 4.69) is 33.8 Å². The molecule has 2 fully saturated rings. The number of methoxy groups -OCH3 is 1. The van der Waals surface area contributed by atoms with Crippen molar-refractivity contribution in [2.45, 2.75) is 45.6 Å². The van der Waals surface area contributed by atoms with Crippen LogP contribution in [0.5, 0.6) is 0 Å². The van der Waals surface area contributed by atoms with Crippen LogP contribution in [0.25, 0.3) is 6.08 Å². The minimum atomic E-state index is -0.137. The number of aryl methyl sites for hydroxylation is 1. The average molecular weight is 478 g/mol. The van der Waals surface area contributed by atoms with Crippen LogP contribution in [0.4, 0.5) is 0 Å². The quantitative estimate of drug-likeness (QED) is 0.548. The Bertz CT molecular complexity index is 1060. The first-order chi connectivity index (χ1) is 17.1. The topological polar surface area (TPSA) is 54.8 Å². The Morgan fingerprint density at radius 2 is 1.80 bits per heavy atom. The number of ether oxygens (including phenoxy) is 1. The maximum Gasteiger partial charge on any atom is 0.259 e. The molecule has 1 amide bonds. The zero-order chi connectivity index (χ0) is 24.6. The second kappa shape index (κ2) is 12.3. The van der Waals surface area contributed by atoms with Gasteiger partial charge in [0, 0.05) is 63.8 Å². The number of piperazine rings is 1. The maximum atomic E-state index is 13.7. The Labute approximate surface area is 209 Å². The molecule has 1 saturated carbocycles. The SMILES string of the molecule is COCCn1c(C)cc(=O)c(C(=O)N2CCN(C/C=C/c3ccccc3)CC2)c1CC1CCCC1. The van der Waals surface area contributed by atoms with E-state index >= 15 is 0 Å². The van der Waals surface area contributed by atoms with Crippen LogP contribution >= 0.6 is 0 Å². The van der Waals surface area contributed by atoms with Crippen molar-refractivity contribution in [2.24, 2.45) is 5.92 Å². The van der Waals surface area contributed by atoms with Gasteiger partial charge >= 0.3 is 0 Å². The molecule has 1 aliphatic heterocycles. The molecule has 4 rings (SSSR count). The van der Waals surface area contributed by atoms with E-state index in [9.17, 15) is 9.59 Å². The third-order valence-corrected chi connectivity index (χ3v) is 7.45. The number of benzene rings is 1. The van der Waals surface area contributed by atoms with Crippen molar-refractivity contribution < 1.29 is 9.53 Å². The van der Waals surface area contributed by atoms with Gasteiger partial charge in [-0.1, -0.05) is 68.2 Å². The first-order valence-corrected chi connectivity index (χ1v) is 13.0. The number of rotatable bonds is 9. The molecule has 0 radical (unpaired) electrons. The Morgan fingerprint density at radius 3 is 2.49 bits per heavy atom. The van der Waals surface area contributed by atoms with E-state index < -0.39 is 0 Å². The zero-order valence-corrected chi connectivity index (χ0v) is 21.2. The normalized spacial score (nSPS) is 17.5. The summed E-state index contributed by atoms with van der Waals surface area (Å²) in [6.07, 6.45) is 9.95. The number of hydrogen-bond acceptors (Lipinski definition) is 4. The van der Waals surface area contributed by atoms with Crippen molar-refractivity contribution in [3.63, 3.8) is 0 Å². The molecule has 2 aliphatic rings. The van der Waals surface area contributed by atoms with Crippen LogP contribution < -0.4 is 5.43 Å². The van der Waals surface area contributed by atoms with Gasteiger partial charge in [-0.15, -0.1) is 0 Å². The lowest BCUT2D eigenvalue weighted by Gasteiger charge is -2.34. The van der Waals surface area contributed by atoms with Gasteiger partial charge < -0.3 is 14.2 Å². The summed E-state index contributed by atoms with van der Waals surface area (Å²) in [5.41, 5.74) is 3.27. The summed E-state index contributed by atoms with van der Waals surface area (Å²) < 4.78 is 7.49. The molecule has 2 heterocycles. The predicted octanol–water partition coefficient (Wildman–Crippen LogP) is 4.01. The van der Waals surface area contributed by atoms with Gasteiger partial charge in [-0.2, -0.15) is 0 Å². The van der Waals surface area contributed by atoms with E-state index in [1.54, 1.807) is 13.2 Å². The van der Waals surface area contributed by atoms with Crippen LogP contribution in [0.2, 0.25) is 0 Å². The average Bonchev–Trinajstić information content (AvgIpc) is 3.38. The van der Waals surface area contributed by atoms with Crippen molar-refractivity contribution in [1.82, 2.24) is 14.4 Å². The van der Waals surface area contributed by atoms with Crippen molar-refractivity contribution in [1.29, 1.82) is 0 Å². The lowest BCUT2D eigenvalue weighted by molar-refractivity contribution is 0.0646. The van der Waals surface area contributed by atoms with Gasteiger partial charge in [0.05, 0.1) is 6.61 Å². The van der Waals surface area contributed by atoms with Crippen molar-refractivity contribution in [3.8, 4) is 0 Å². The number of pyridine rings is 1. The predicted molar refractivity (Wildman–Crippen MR) is 141 cm³/mol. The molecule has 35 heavy (non-hydrogen) atoms. The summed E-state index contributed by atoms with van der Waals surface area (Å²) >= 11 is 0. The minimum absolute atomic E-state index is 0.103. The molecule has 6 heteroatoms. The molecule has 0 spiro atoms. The number of nitrogens with zero attached hydrogens (tertiary/aromatic N) is 3. The smallest absolute Gasteiger partial charge is 0.259 e. The molecule has 0 unspecified atom stereocenters. The molecular formula is C29H39N3O3. The summed E-state index contributed by atoms with van der Waals surface area (Å²) in [5.74, 6) is 0.443. The van der Waals surface area contributed by atoms with Gasteiger partial charge in [-0.3, -0.25) is 14.5 Å². The molecule has 0 atom stereocenters. The summed E-state index contributed by atoms with van der Waals surface area (Å²) in [5, 5.41) is 0. The molecule has 0 bridgehead atoms. The van der Waals surface area contributed by atoms with E-state index in [1.807, 2.05) is 30.0 Å². The van der Waals surface area contributed by atoms with Gasteiger partial charge in [0.15, 0.2) is 5.43 Å². The van der Waals surface area contributed by atoms with Crippen molar-refractivity contribution >= 4 is 12.0 Å². The summed E-state index contributed by atoms with van der Waals surface area (Å²) in [4.78, 5) is 31.1. The second-order valence-electron chi connectivity index (χ2n) is 9.88. The Balaban J connectivity index is 1.47. The Kier molecular flexibility index (Phi) is 8.94. The van der Waals surface area contributed by atoms with E-state index in [0.717, 1.165) is 37.4 Å². The summed E-state index contributed by atoms with van der Waals surface area (Å²) in [6, 6.07) is 11.9. The molecule has 0 N–H and O–H groups in total. The highest BCUT2D eigenvalue weighted by molar-refractivity contribution is 5.95. The summed E-state index contributed by atoms with van der Waals surface area (Å²) in [6.45, 7) is 6.96. The van der Waals surface area contributed by atoms with Gasteiger partial charge in [-0.05, 0) is 24.8 Å². The molecule has 1 aromatic carbocycles. The minimum Gasteiger partial charge on any atom is -0.383 e. The highest BCUT2D eigenvalue weighted by Gasteiger charge is 2.29. The third kappa shape index (κ3) is 6.50. The first kappa shape index (κ1) is 25.4. The zero-order valence-electron chi connectivity index (χ0n) is 21.2. The Morgan fingerprint density at radius 1 is 1.09 bits per heavy atom. The molecule has 1 aromatic heterocycles. The second-order valence-corrected chi connectivity index (χ2v) is 9.88. The standard InChI is InChI=1S/C29H39N3O3/c1-23-21-27(33)28(26(32(23)19-20-35-2)22-25-11-6-7-12-25)29(34)31-17-15-30(16-18-31)14-8-13-24-9-4-3-5-10-24/h3-5,8-10,13,21,25H,6-7,11-12,14-20,22H2,1-2H3/b13-8+. The monoisotopic (exact) mass is 477 g/mol.